The van der Waals surface area contributed by atoms with E-state index in [0.29, 0.717) is 12.2 Å². The van der Waals surface area contributed by atoms with Gasteiger partial charge in [0, 0.05) is 5.56 Å². The fraction of sp³-hybridized carbons (Fsp3) is 0.235. The first-order valence-electron chi connectivity index (χ1n) is 6.65. The van der Waals surface area contributed by atoms with Gasteiger partial charge in [0.05, 0.1) is 6.07 Å². The molecule has 0 saturated carbocycles. The maximum Gasteiger partial charge on any atom is 0.203 e. The first-order valence-corrected chi connectivity index (χ1v) is 6.65. The molecule has 2 rings (SSSR count). The van der Waals surface area contributed by atoms with Gasteiger partial charge in [0.2, 0.25) is 6.04 Å². The van der Waals surface area contributed by atoms with Crippen LogP contribution in [0.1, 0.15) is 28.3 Å². The van der Waals surface area contributed by atoms with Crippen LogP contribution < -0.4 is 4.74 Å². The van der Waals surface area contributed by atoms with E-state index in [1.54, 1.807) is 12.1 Å². The van der Waals surface area contributed by atoms with Crippen LogP contribution in [0.5, 0.6) is 5.75 Å². The largest absolute Gasteiger partial charge is 0.489 e. The highest BCUT2D eigenvalue weighted by molar-refractivity contribution is 5.37. The van der Waals surface area contributed by atoms with Crippen molar-refractivity contribution in [2.45, 2.75) is 26.5 Å². The third-order valence-corrected chi connectivity index (χ3v) is 3.30. The van der Waals surface area contributed by atoms with Gasteiger partial charge in [0.1, 0.15) is 12.4 Å². The third kappa shape index (κ3) is 3.46. The van der Waals surface area contributed by atoms with E-state index in [0.717, 1.165) is 22.4 Å². The predicted octanol–water partition coefficient (Wildman–Crippen LogP) is 4.21. The zero-order valence-electron chi connectivity index (χ0n) is 12.0. The van der Waals surface area contributed by atoms with Crippen LogP contribution in [0.25, 0.3) is 0 Å². The Labute approximate surface area is 124 Å². The van der Waals surface area contributed by atoms with Crippen molar-refractivity contribution in [1.82, 2.24) is 0 Å². The topological polar surface area (TPSA) is 62.4 Å². The van der Waals surface area contributed by atoms with Gasteiger partial charge in [-0.3, -0.25) is 0 Å². The summed E-state index contributed by atoms with van der Waals surface area (Å²) in [7, 11) is 0. The molecule has 0 aliphatic carbocycles. The van der Waals surface area contributed by atoms with Gasteiger partial charge in [0.15, 0.2) is 0 Å². The van der Waals surface area contributed by atoms with Crippen LogP contribution in [0.3, 0.4) is 0 Å². The molecule has 2 aromatic carbocycles. The van der Waals surface area contributed by atoms with Gasteiger partial charge < -0.3 is 4.74 Å². The Hall–Kier alpha value is -2.67. The average molecular weight is 280 g/mol. The quantitative estimate of drug-likeness (QED) is 0.770. The Morgan fingerprint density at radius 3 is 2.71 bits per heavy atom. The SMILES string of the molecule is Cc1ccc(C)c(OCc2ccccc2C(C#N)N=O)c1. The monoisotopic (exact) mass is 280 g/mol. The van der Waals surface area contributed by atoms with E-state index in [4.69, 9.17) is 10.00 Å². The van der Waals surface area contributed by atoms with Gasteiger partial charge in [-0.15, -0.1) is 4.91 Å². The second-order valence-electron chi connectivity index (χ2n) is 4.89. The number of nitroso groups, excluding NO2 is 1. The average Bonchev–Trinajstić information content (AvgIpc) is 2.50. The van der Waals surface area contributed by atoms with E-state index < -0.39 is 6.04 Å². The molecule has 0 aliphatic heterocycles. The van der Waals surface area contributed by atoms with Crippen molar-refractivity contribution < 1.29 is 4.74 Å². The Balaban J connectivity index is 2.23. The molecule has 4 heteroatoms. The Morgan fingerprint density at radius 1 is 1.24 bits per heavy atom. The van der Waals surface area contributed by atoms with Crippen LogP contribution in [-0.2, 0) is 6.61 Å². The molecule has 0 saturated heterocycles. The maximum atomic E-state index is 10.7. The number of hydrogen-bond donors (Lipinski definition) is 0. The second-order valence-corrected chi connectivity index (χ2v) is 4.89. The van der Waals surface area contributed by atoms with Gasteiger partial charge in [-0.2, -0.15) is 5.26 Å². The van der Waals surface area contributed by atoms with Crippen molar-refractivity contribution in [2.75, 3.05) is 0 Å². The van der Waals surface area contributed by atoms with Crippen LogP contribution in [0.2, 0.25) is 0 Å². The molecule has 0 fully saturated rings. The van der Waals surface area contributed by atoms with Crippen LogP contribution >= 0.6 is 0 Å². The summed E-state index contributed by atoms with van der Waals surface area (Å²) in [5.41, 5.74) is 3.56. The third-order valence-electron chi connectivity index (χ3n) is 3.30. The molecule has 0 amide bonds. The number of hydrogen-bond acceptors (Lipinski definition) is 4. The van der Waals surface area contributed by atoms with Gasteiger partial charge in [-0.25, -0.2) is 0 Å². The summed E-state index contributed by atoms with van der Waals surface area (Å²) in [5, 5.41) is 11.8. The molecule has 0 bridgehead atoms. The molecule has 1 atom stereocenters. The maximum absolute atomic E-state index is 10.7. The molecule has 21 heavy (non-hydrogen) atoms. The highest BCUT2D eigenvalue weighted by Gasteiger charge is 2.15. The smallest absolute Gasteiger partial charge is 0.203 e. The van der Waals surface area contributed by atoms with Gasteiger partial charge in [0.25, 0.3) is 0 Å². The fourth-order valence-corrected chi connectivity index (χ4v) is 2.10. The summed E-state index contributed by atoms with van der Waals surface area (Å²) in [4.78, 5) is 10.7. The molecular weight excluding hydrogens is 264 g/mol. The lowest BCUT2D eigenvalue weighted by Crippen LogP contribution is -2.03. The van der Waals surface area contributed by atoms with Crippen LogP contribution in [-0.4, -0.2) is 0 Å². The van der Waals surface area contributed by atoms with Gasteiger partial charge in [-0.05, 0) is 41.8 Å². The number of aryl methyl sites for hydroxylation is 2. The first-order chi connectivity index (χ1) is 10.2. The zero-order valence-corrected chi connectivity index (χ0v) is 12.0. The predicted molar refractivity (Wildman–Crippen MR) is 80.8 cm³/mol. The lowest BCUT2D eigenvalue weighted by atomic mass is 10.0. The summed E-state index contributed by atoms with van der Waals surface area (Å²) < 4.78 is 5.83. The lowest BCUT2D eigenvalue weighted by molar-refractivity contribution is 0.302. The summed E-state index contributed by atoms with van der Waals surface area (Å²) in [6.07, 6.45) is 0. The van der Waals surface area contributed by atoms with Crippen LogP contribution in [0.4, 0.5) is 0 Å². The Kier molecular flexibility index (Phi) is 4.68. The van der Waals surface area contributed by atoms with E-state index in [2.05, 4.69) is 5.18 Å². The van der Waals surface area contributed by atoms with Crippen LogP contribution in [0.15, 0.2) is 47.6 Å². The molecule has 2 aromatic rings. The number of nitriles is 1. The minimum atomic E-state index is -0.997. The number of ether oxygens (including phenoxy) is 1. The van der Waals surface area contributed by atoms with Crippen molar-refractivity contribution >= 4 is 0 Å². The van der Waals surface area contributed by atoms with Gasteiger partial charge in [-0.1, -0.05) is 36.4 Å². The molecule has 0 spiro atoms. The van der Waals surface area contributed by atoms with Crippen molar-refractivity contribution in [3.63, 3.8) is 0 Å². The molecule has 0 aliphatic rings. The zero-order chi connectivity index (χ0) is 15.2. The van der Waals surface area contributed by atoms with Gasteiger partial charge >= 0.3 is 0 Å². The molecule has 0 aromatic heterocycles. The minimum absolute atomic E-state index is 0.300. The Bertz CT molecular complexity index is 689. The molecule has 0 N–H and O–H groups in total. The Morgan fingerprint density at radius 2 is 2.00 bits per heavy atom. The van der Waals surface area contributed by atoms with Crippen molar-refractivity contribution in [2.24, 2.45) is 5.18 Å². The summed E-state index contributed by atoms with van der Waals surface area (Å²) in [5.74, 6) is 0.803. The molecule has 4 nitrogen and oxygen atoms in total. The van der Waals surface area contributed by atoms with E-state index in [-0.39, 0.29) is 0 Å². The molecular formula is C17H16N2O2. The van der Waals surface area contributed by atoms with Crippen molar-refractivity contribution in [1.29, 1.82) is 5.26 Å². The molecule has 106 valence electrons. The highest BCUT2D eigenvalue weighted by Crippen LogP contribution is 2.24. The van der Waals surface area contributed by atoms with E-state index >= 15 is 0 Å². The second kappa shape index (κ2) is 6.67. The van der Waals surface area contributed by atoms with E-state index in [1.165, 1.54) is 0 Å². The number of nitrogens with zero attached hydrogens (tertiary/aromatic N) is 2. The summed E-state index contributed by atoms with van der Waals surface area (Å²) in [6.45, 7) is 4.28. The standard InChI is InChI=1S/C17H16N2O2/c1-12-7-8-13(2)17(9-12)21-11-14-5-3-4-6-15(14)16(10-18)19-20/h3-9,16H,11H2,1-2H3. The van der Waals surface area contributed by atoms with E-state index in [9.17, 15) is 4.91 Å². The molecule has 0 heterocycles. The lowest BCUT2D eigenvalue weighted by Gasteiger charge is -2.13. The fourth-order valence-electron chi connectivity index (χ4n) is 2.10. The van der Waals surface area contributed by atoms with Crippen molar-refractivity contribution in [3.05, 3.63) is 69.6 Å². The molecule has 1 unspecified atom stereocenters. The summed E-state index contributed by atoms with van der Waals surface area (Å²) >= 11 is 0. The molecule has 0 radical (unpaired) electrons. The summed E-state index contributed by atoms with van der Waals surface area (Å²) in [6, 6.07) is 14.1. The van der Waals surface area contributed by atoms with E-state index in [1.807, 2.05) is 50.2 Å². The number of rotatable bonds is 5. The van der Waals surface area contributed by atoms with Crippen LogP contribution in [0, 0.1) is 30.1 Å². The highest BCUT2D eigenvalue weighted by atomic mass is 16.5. The normalized spacial score (nSPS) is 11.5. The van der Waals surface area contributed by atoms with Crippen molar-refractivity contribution in [3.8, 4) is 11.8 Å². The minimum Gasteiger partial charge on any atom is -0.489 e. The first kappa shape index (κ1) is 14.7. The number of benzene rings is 2.